The van der Waals surface area contributed by atoms with Gasteiger partial charge in [0.15, 0.2) is 11.5 Å². The van der Waals surface area contributed by atoms with Gasteiger partial charge in [-0.15, -0.1) is 0 Å². The second-order valence-corrected chi connectivity index (χ2v) is 5.30. The Morgan fingerprint density at radius 1 is 1.09 bits per heavy atom. The SMILES string of the molecule is CCOc1cc(CCC(C)=O)ccc1OCc1ccccc1F. The molecule has 0 aromatic heterocycles. The molecule has 2 aromatic carbocycles. The molecule has 0 N–H and O–H groups in total. The van der Waals surface area contributed by atoms with Gasteiger partial charge in [0.25, 0.3) is 0 Å². The fourth-order valence-electron chi connectivity index (χ4n) is 2.19. The van der Waals surface area contributed by atoms with Crippen molar-refractivity contribution >= 4 is 5.78 Å². The lowest BCUT2D eigenvalue weighted by molar-refractivity contribution is -0.116. The molecular formula is C19H21FO3. The first-order valence-electron chi connectivity index (χ1n) is 7.71. The number of ketones is 1. The quantitative estimate of drug-likeness (QED) is 0.727. The lowest BCUT2D eigenvalue weighted by Crippen LogP contribution is -2.02. The van der Waals surface area contributed by atoms with Gasteiger partial charge < -0.3 is 14.3 Å². The number of benzene rings is 2. The molecule has 2 aromatic rings. The van der Waals surface area contributed by atoms with Crippen LogP contribution in [0.5, 0.6) is 11.5 Å². The predicted molar refractivity (Wildman–Crippen MR) is 87.3 cm³/mol. The van der Waals surface area contributed by atoms with Crippen molar-refractivity contribution in [2.24, 2.45) is 0 Å². The van der Waals surface area contributed by atoms with E-state index >= 15 is 0 Å². The molecule has 0 unspecified atom stereocenters. The minimum absolute atomic E-state index is 0.138. The highest BCUT2D eigenvalue weighted by Gasteiger charge is 2.09. The van der Waals surface area contributed by atoms with E-state index in [-0.39, 0.29) is 18.2 Å². The summed E-state index contributed by atoms with van der Waals surface area (Å²) in [6, 6.07) is 12.1. The fourth-order valence-corrected chi connectivity index (χ4v) is 2.19. The van der Waals surface area contributed by atoms with Crippen LogP contribution in [0.2, 0.25) is 0 Å². The smallest absolute Gasteiger partial charge is 0.161 e. The van der Waals surface area contributed by atoms with Gasteiger partial charge in [0.05, 0.1) is 6.61 Å². The first-order chi connectivity index (χ1) is 11.1. The summed E-state index contributed by atoms with van der Waals surface area (Å²) in [4.78, 5) is 11.1. The van der Waals surface area contributed by atoms with Crippen molar-refractivity contribution in [1.29, 1.82) is 0 Å². The molecule has 2 rings (SSSR count). The molecule has 0 atom stereocenters. The Hall–Kier alpha value is -2.36. The van der Waals surface area contributed by atoms with Crippen LogP contribution in [0.15, 0.2) is 42.5 Å². The van der Waals surface area contributed by atoms with Crippen molar-refractivity contribution in [3.8, 4) is 11.5 Å². The average Bonchev–Trinajstić information content (AvgIpc) is 2.53. The van der Waals surface area contributed by atoms with Gasteiger partial charge in [0.1, 0.15) is 18.2 Å². The van der Waals surface area contributed by atoms with Crippen LogP contribution in [0.4, 0.5) is 4.39 Å². The van der Waals surface area contributed by atoms with Crippen LogP contribution in [-0.2, 0) is 17.8 Å². The number of halogens is 1. The first-order valence-corrected chi connectivity index (χ1v) is 7.71. The summed E-state index contributed by atoms with van der Waals surface area (Å²) in [7, 11) is 0. The van der Waals surface area contributed by atoms with Gasteiger partial charge in [0, 0.05) is 12.0 Å². The standard InChI is InChI=1S/C19H21FO3/c1-3-22-19-12-15(9-8-14(2)21)10-11-18(19)23-13-16-6-4-5-7-17(16)20/h4-7,10-12H,3,8-9,13H2,1-2H3. The summed E-state index contributed by atoms with van der Waals surface area (Å²) in [5.41, 5.74) is 1.51. The molecule has 4 heteroatoms. The summed E-state index contributed by atoms with van der Waals surface area (Å²) < 4.78 is 24.9. The van der Waals surface area contributed by atoms with Gasteiger partial charge in [-0.3, -0.25) is 0 Å². The zero-order valence-corrected chi connectivity index (χ0v) is 13.5. The average molecular weight is 316 g/mol. The van der Waals surface area contributed by atoms with Gasteiger partial charge in [0.2, 0.25) is 0 Å². The molecule has 0 aliphatic heterocycles. The van der Waals surface area contributed by atoms with Crippen LogP contribution < -0.4 is 9.47 Å². The van der Waals surface area contributed by atoms with Crippen LogP contribution in [0, 0.1) is 5.82 Å². The molecule has 0 amide bonds. The summed E-state index contributed by atoms with van der Waals surface area (Å²) in [5.74, 6) is 1.05. The van der Waals surface area contributed by atoms with Crippen molar-refractivity contribution in [3.05, 3.63) is 59.4 Å². The molecule has 0 heterocycles. The van der Waals surface area contributed by atoms with Crippen LogP contribution in [0.1, 0.15) is 31.4 Å². The molecule has 0 bridgehead atoms. The Balaban J connectivity index is 2.10. The zero-order chi connectivity index (χ0) is 16.7. The molecule has 0 aliphatic rings. The molecule has 0 aliphatic carbocycles. The van der Waals surface area contributed by atoms with E-state index in [2.05, 4.69) is 0 Å². The largest absolute Gasteiger partial charge is 0.490 e. The maximum Gasteiger partial charge on any atom is 0.161 e. The molecule has 0 saturated carbocycles. The Labute approximate surface area is 136 Å². The molecule has 0 radical (unpaired) electrons. The normalized spacial score (nSPS) is 10.4. The molecule has 0 spiro atoms. The van der Waals surface area contributed by atoms with Crippen molar-refractivity contribution < 1.29 is 18.7 Å². The van der Waals surface area contributed by atoms with Gasteiger partial charge in [-0.1, -0.05) is 24.3 Å². The highest BCUT2D eigenvalue weighted by Crippen LogP contribution is 2.30. The van der Waals surface area contributed by atoms with Gasteiger partial charge in [-0.05, 0) is 44.0 Å². The van der Waals surface area contributed by atoms with Crippen LogP contribution >= 0.6 is 0 Å². The van der Waals surface area contributed by atoms with Crippen LogP contribution in [0.3, 0.4) is 0 Å². The summed E-state index contributed by atoms with van der Waals surface area (Å²) in [5, 5.41) is 0. The molecule has 3 nitrogen and oxygen atoms in total. The van der Waals surface area contributed by atoms with Crippen LogP contribution in [-0.4, -0.2) is 12.4 Å². The summed E-state index contributed by atoms with van der Waals surface area (Å²) in [6.45, 7) is 4.12. The molecule has 0 fully saturated rings. The predicted octanol–water partition coefficient (Wildman–Crippen LogP) is 4.33. The Morgan fingerprint density at radius 3 is 2.57 bits per heavy atom. The van der Waals surface area contributed by atoms with Crippen LogP contribution in [0.25, 0.3) is 0 Å². The first kappa shape index (κ1) is 17.0. The molecule has 122 valence electrons. The topological polar surface area (TPSA) is 35.5 Å². The van der Waals surface area contributed by atoms with Crippen molar-refractivity contribution in [2.45, 2.75) is 33.3 Å². The number of rotatable bonds is 8. The Morgan fingerprint density at radius 2 is 1.87 bits per heavy atom. The summed E-state index contributed by atoms with van der Waals surface area (Å²) in [6.07, 6.45) is 1.17. The van der Waals surface area contributed by atoms with E-state index < -0.39 is 0 Å². The third-order valence-electron chi connectivity index (χ3n) is 3.41. The number of hydrogen-bond donors (Lipinski definition) is 0. The molecule has 0 saturated heterocycles. The summed E-state index contributed by atoms with van der Waals surface area (Å²) >= 11 is 0. The zero-order valence-electron chi connectivity index (χ0n) is 13.5. The number of carbonyl (C=O) groups is 1. The number of Topliss-reactive ketones (excluding diaryl/α,β-unsaturated/α-hetero) is 1. The maximum absolute atomic E-state index is 13.6. The van der Waals surface area contributed by atoms with E-state index in [1.807, 2.05) is 19.1 Å². The Bertz CT molecular complexity index is 667. The number of hydrogen-bond acceptors (Lipinski definition) is 3. The number of ether oxygens (including phenoxy) is 2. The third-order valence-corrected chi connectivity index (χ3v) is 3.41. The highest BCUT2D eigenvalue weighted by molar-refractivity contribution is 5.75. The second-order valence-electron chi connectivity index (χ2n) is 5.30. The van der Waals surface area contributed by atoms with E-state index in [1.165, 1.54) is 6.07 Å². The lowest BCUT2D eigenvalue weighted by Gasteiger charge is -2.13. The monoisotopic (exact) mass is 316 g/mol. The van der Waals surface area contributed by atoms with E-state index in [9.17, 15) is 9.18 Å². The highest BCUT2D eigenvalue weighted by atomic mass is 19.1. The second kappa shape index (κ2) is 8.32. The Kier molecular flexibility index (Phi) is 6.15. The van der Waals surface area contributed by atoms with Gasteiger partial charge in [-0.25, -0.2) is 4.39 Å². The van der Waals surface area contributed by atoms with Gasteiger partial charge >= 0.3 is 0 Å². The van der Waals surface area contributed by atoms with Crippen molar-refractivity contribution in [1.82, 2.24) is 0 Å². The number of carbonyl (C=O) groups excluding carboxylic acids is 1. The molecule has 23 heavy (non-hydrogen) atoms. The van der Waals surface area contributed by atoms with Gasteiger partial charge in [-0.2, -0.15) is 0 Å². The fraction of sp³-hybridized carbons (Fsp3) is 0.316. The van der Waals surface area contributed by atoms with Crippen molar-refractivity contribution in [3.63, 3.8) is 0 Å². The van der Waals surface area contributed by atoms with E-state index in [4.69, 9.17) is 9.47 Å². The van der Waals surface area contributed by atoms with Crippen molar-refractivity contribution in [2.75, 3.05) is 6.61 Å². The maximum atomic E-state index is 13.6. The van der Waals surface area contributed by atoms with E-state index in [1.54, 1.807) is 31.2 Å². The molecular weight excluding hydrogens is 295 g/mol. The minimum atomic E-state index is -0.288. The van der Waals surface area contributed by atoms with E-state index in [0.717, 1.165) is 5.56 Å². The van der Waals surface area contributed by atoms with E-state index in [0.29, 0.717) is 36.5 Å². The number of aryl methyl sites for hydroxylation is 1. The third kappa shape index (κ3) is 5.09. The lowest BCUT2D eigenvalue weighted by atomic mass is 10.1. The minimum Gasteiger partial charge on any atom is -0.490 e.